The van der Waals surface area contributed by atoms with E-state index in [1.807, 2.05) is 0 Å². The molecule has 0 aromatic carbocycles. The molecule has 0 aliphatic carbocycles. The maximum atomic E-state index is 5.32. The van der Waals surface area contributed by atoms with Gasteiger partial charge in [-0.3, -0.25) is 0 Å². The first-order valence-electron chi connectivity index (χ1n) is 4.68. The molecule has 0 saturated carbocycles. The van der Waals surface area contributed by atoms with E-state index in [9.17, 15) is 0 Å². The van der Waals surface area contributed by atoms with Gasteiger partial charge in [0.15, 0.2) is 0 Å². The van der Waals surface area contributed by atoms with Crippen LogP contribution in [-0.2, 0) is 9.47 Å². The summed E-state index contributed by atoms with van der Waals surface area (Å²) in [7, 11) is 0. The molecule has 0 fully saturated rings. The first kappa shape index (κ1) is 12.3. The minimum Gasteiger partial charge on any atom is -0.381 e. The third-order valence-electron chi connectivity index (χ3n) is 1.41. The molecule has 0 unspecified atom stereocenters. The maximum Gasteiger partial charge on any atom is 0.0554 e. The average Bonchev–Trinajstić information content (AvgIpc) is 2.10. The van der Waals surface area contributed by atoms with Crippen LogP contribution in [0.15, 0.2) is 0 Å². The normalized spacial score (nSPS) is 10.5. The predicted octanol–water partition coefficient (Wildman–Crippen LogP) is 2.14. The first-order chi connectivity index (χ1) is 5.91. The molecular weight excluding hydrogens is 172 g/mol. The highest BCUT2D eigenvalue weighted by atomic mass is 32.1. The van der Waals surface area contributed by atoms with E-state index >= 15 is 0 Å². The minimum atomic E-state index is 0.763. The number of thiol groups is 1. The Balaban J connectivity index is 2.73. The van der Waals surface area contributed by atoms with Crippen LogP contribution >= 0.6 is 12.6 Å². The highest BCUT2D eigenvalue weighted by Gasteiger charge is 1.89. The van der Waals surface area contributed by atoms with Gasteiger partial charge in [0, 0.05) is 25.6 Å². The van der Waals surface area contributed by atoms with Crippen molar-refractivity contribution in [3.05, 3.63) is 0 Å². The minimum absolute atomic E-state index is 0.763. The number of ether oxygens (including phenoxy) is 2. The molecule has 0 N–H and O–H groups in total. The lowest BCUT2D eigenvalue weighted by Gasteiger charge is -2.02. The van der Waals surface area contributed by atoms with Crippen LogP contribution in [0, 0.1) is 0 Å². The van der Waals surface area contributed by atoms with Crippen molar-refractivity contribution in [2.24, 2.45) is 0 Å². The Bertz CT molecular complexity index is 68.9. The lowest BCUT2D eigenvalue weighted by Crippen LogP contribution is -2.01. The fraction of sp³-hybridized carbons (Fsp3) is 1.00. The van der Waals surface area contributed by atoms with E-state index in [0.717, 1.165) is 51.4 Å². The second-order valence-electron chi connectivity index (χ2n) is 2.66. The van der Waals surface area contributed by atoms with Gasteiger partial charge in [-0.2, -0.15) is 12.6 Å². The Hall–Kier alpha value is 0.270. The number of unbranched alkanes of at least 4 members (excludes halogenated alkanes) is 1. The van der Waals surface area contributed by atoms with Crippen LogP contribution in [0.25, 0.3) is 0 Å². The highest BCUT2D eigenvalue weighted by Crippen LogP contribution is 1.92. The molecule has 0 aliphatic heterocycles. The summed E-state index contributed by atoms with van der Waals surface area (Å²) in [6.07, 6.45) is 3.31. The van der Waals surface area contributed by atoms with Gasteiger partial charge in [0.25, 0.3) is 0 Å². The van der Waals surface area contributed by atoms with Gasteiger partial charge in [0.1, 0.15) is 0 Å². The molecule has 0 heterocycles. The molecule has 0 radical (unpaired) electrons. The van der Waals surface area contributed by atoms with Gasteiger partial charge in [0.05, 0.1) is 6.61 Å². The highest BCUT2D eigenvalue weighted by molar-refractivity contribution is 7.80. The van der Waals surface area contributed by atoms with Crippen LogP contribution in [0.1, 0.15) is 26.2 Å². The molecule has 12 heavy (non-hydrogen) atoms. The van der Waals surface area contributed by atoms with E-state index in [-0.39, 0.29) is 0 Å². The van der Waals surface area contributed by atoms with E-state index < -0.39 is 0 Å². The summed E-state index contributed by atoms with van der Waals surface area (Å²) in [6, 6.07) is 0. The van der Waals surface area contributed by atoms with Crippen LogP contribution in [-0.4, -0.2) is 32.2 Å². The molecule has 0 spiro atoms. The molecule has 0 bridgehead atoms. The van der Waals surface area contributed by atoms with Crippen molar-refractivity contribution in [2.75, 3.05) is 32.2 Å². The second kappa shape index (κ2) is 11.3. The quantitative estimate of drug-likeness (QED) is 0.446. The molecule has 0 aliphatic rings. The van der Waals surface area contributed by atoms with Crippen LogP contribution in [0.3, 0.4) is 0 Å². The van der Waals surface area contributed by atoms with Crippen molar-refractivity contribution in [1.82, 2.24) is 0 Å². The maximum absolute atomic E-state index is 5.32. The average molecular weight is 192 g/mol. The molecule has 0 atom stereocenters. The Kier molecular flexibility index (Phi) is 11.5. The predicted molar refractivity (Wildman–Crippen MR) is 55.0 cm³/mol. The van der Waals surface area contributed by atoms with E-state index in [4.69, 9.17) is 9.47 Å². The van der Waals surface area contributed by atoms with Gasteiger partial charge < -0.3 is 9.47 Å². The molecule has 0 amide bonds. The molecule has 2 nitrogen and oxygen atoms in total. The second-order valence-corrected chi connectivity index (χ2v) is 3.10. The Morgan fingerprint density at radius 1 is 0.917 bits per heavy atom. The zero-order valence-corrected chi connectivity index (χ0v) is 8.81. The number of hydrogen-bond acceptors (Lipinski definition) is 3. The third kappa shape index (κ3) is 10.3. The summed E-state index contributed by atoms with van der Waals surface area (Å²) in [6.45, 7) is 5.49. The van der Waals surface area contributed by atoms with Crippen LogP contribution < -0.4 is 0 Å². The molecular formula is C9H20O2S. The molecule has 3 heteroatoms. The molecule has 74 valence electrons. The van der Waals surface area contributed by atoms with E-state index in [1.54, 1.807) is 0 Å². The largest absolute Gasteiger partial charge is 0.381 e. The summed E-state index contributed by atoms with van der Waals surface area (Å²) < 4.78 is 10.6. The van der Waals surface area contributed by atoms with E-state index in [2.05, 4.69) is 19.6 Å². The SMILES string of the molecule is CCCOCCCCOCCS. The number of hydrogen-bond donors (Lipinski definition) is 1. The van der Waals surface area contributed by atoms with Gasteiger partial charge in [-0.15, -0.1) is 0 Å². The van der Waals surface area contributed by atoms with Crippen LogP contribution in [0.2, 0.25) is 0 Å². The standard InChI is InChI=1S/C9H20O2S/c1-2-5-10-6-3-4-7-11-8-9-12/h12H,2-9H2,1H3. The van der Waals surface area contributed by atoms with E-state index in [0.29, 0.717) is 0 Å². The summed E-state index contributed by atoms with van der Waals surface area (Å²) >= 11 is 4.04. The van der Waals surface area contributed by atoms with Gasteiger partial charge >= 0.3 is 0 Å². The van der Waals surface area contributed by atoms with E-state index in [1.165, 1.54) is 0 Å². The fourth-order valence-electron chi connectivity index (χ4n) is 0.821. The van der Waals surface area contributed by atoms with Crippen molar-refractivity contribution in [3.8, 4) is 0 Å². The lowest BCUT2D eigenvalue weighted by molar-refractivity contribution is 0.109. The lowest BCUT2D eigenvalue weighted by atomic mass is 10.3. The van der Waals surface area contributed by atoms with Crippen molar-refractivity contribution >= 4 is 12.6 Å². The third-order valence-corrected chi connectivity index (χ3v) is 1.59. The zero-order chi connectivity index (χ0) is 9.07. The van der Waals surface area contributed by atoms with Crippen molar-refractivity contribution in [2.45, 2.75) is 26.2 Å². The van der Waals surface area contributed by atoms with Crippen LogP contribution in [0.5, 0.6) is 0 Å². The molecule has 0 aromatic heterocycles. The smallest absolute Gasteiger partial charge is 0.0554 e. The Morgan fingerprint density at radius 2 is 1.50 bits per heavy atom. The van der Waals surface area contributed by atoms with Crippen molar-refractivity contribution in [1.29, 1.82) is 0 Å². The Labute approximate surface area is 81.0 Å². The fourth-order valence-corrected chi connectivity index (χ4v) is 0.950. The number of rotatable bonds is 9. The summed E-state index contributed by atoms with van der Waals surface area (Å²) in [5.41, 5.74) is 0. The van der Waals surface area contributed by atoms with Gasteiger partial charge in [-0.1, -0.05) is 6.92 Å². The van der Waals surface area contributed by atoms with Crippen LogP contribution in [0.4, 0.5) is 0 Å². The molecule has 0 rings (SSSR count). The summed E-state index contributed by atoms with van der Waals surface area (Å²) in [5.74, 6) is 0.812. The van der Waals surface area contributed by atoms with Crippen molar-refractivity contribution in [3.63, 3.8) is 0 Å². The Morgan fingerprint density at radius 3 is 2.00 bits per heavy atom. The van der Waals surface area contributed by atoms with Gasteiger partial charge in [-0.25, -0.2) is 0 Å². The summed E-state index contributed by atoms with van der Waals surface area (Å²) in [4.78, 5) is 0. The summed E-state index contributed by atoms with van der Waals surface area (Å²) in [5, 5.41) is 0. The topological polar surface area (TPSA) is 18.5 Å². The van der Waals surface area contributed by atoms with Gasteiger partial charge in [0.2, 0.25) is 0 Å². The monoisotopic (exact) mass is 192 g/mol. The van der Waals surface area contributed by atoms with Crippen molar-refractivity contribution < 1.29 is 9.47 Å². The van der Waals surface area contributed by atoms with Gasteiger partial charge in [-0.05, 0) is 19.3 Å². The first-order valence-corrected chi connectivity index (χ1v) is 5.31. The zero-order valence-electron chi connectivity index (χ0n) is 7.92. The molecule has 0 saturated heterocycles. The molecule has 0 aromatic rings.